The predicted molar refractivity (Wildman–Crippen MR) is 139 cm³/mol. The van der Waals surface area contributed by atoms with E-state index in [1.807, 2.05) is 6.21 Å². The molecule has 0 spiro atoms. The van der Waals surface area contributed by atoms with Gasteiger partial charge in [0.2, 0.25) is 0 Å². The molecule has 0 unspecified atom stereocenters. The van der Waals surface area contributed by atoms with Gasteiger partial charge in [-0.25, -0.2) is 0 Å². The van der Waals surface area contributed by atoms with E-state index in [2.05, 4.69) is 148 Å². The zero-order valence-corrected chi connectivity index (χ0v) is 19.4. The molecule has 0 aliphatic heterocycles. The summed E-state index contributed by atoms with van der Waals surface area (Å²) in [7, 11) is 0. The lowest BCUT2D eigenvalue weighted by atomic mass is 9.77. The maximum Gasteiger partial charge on any atom is 0.0948 e. The van der Waals surface area contributed by atoms with Crippen LogP contribution in [0.3, 0.4) is 0 Å². The zero-order chi connectivity index (χ0) is 21.4. The SMILES string of the molecule is Ic1ccc(C=NCCNC(c2ccccc2)(c2ccccc2)c2ccccc2)cc1. The van der Waals surface area contributed by atoms with E-state index in [-0.39, 0.29) is 0 Å². The summed E-state index contributed by atoms with van der Waals surface area (Å²) in [6.07, 6.45) is 1.95. The highest BCUT2D eigenvalue weighted by atomic mass is 127. The maximum absolute atomic E-state index is 4.67. The van der Waals surface area contributed by atoms with Crippen molar-refractivity contribution in [1.29, 1.82) is 0 Å². The Kier molecular flexibility index (Phi) is 7.28. The molecule has 0 atom stereocenters. The molecule has 0 saturated heterocycles. The predicted octanol–water partition coefficient (Wildman–Crippen LogP) is 6.29. The van der Waals surface area contributed by atoms with Crippen molar-refractivity contribution in [2.75, 3.05) is 13.1 Å². The summed E-state index contributed by atoms with van der Waals surface area (Å²) in [5.41, 5.74) is 4.33. The van der Waals surface area contributed by atoms with Crippen LogP contribution in [0.5, 0.6) is 0 Å². The van der Waals surface area contributed by atoms with Crippen LogP contribution in [0.25, 0.3) is 0 Å². The third-order valence-electron chi connectivity index (χ3n) is 5.36. The molecule has 4 aromatic rings. The van der Waals surface area contributed by atoms with Gasteiger partial charge in [-0.15, -0.1) is 0 Å². The zero-order valence-electron chi connectivity index (χ0n) is 17.3. The van der Waals surface area contributed by atoms with Crippen LogP contribution in [-0.4, -0.2) is 19.3 Å². The topological polar surface area (TPSA) is 24.4 Å². The summed E-state index contributed by atoms with van der Waals surface area (Å²) in [5.74, 6) is 0. The van der Waals surface area contributed by atoms with Crippen molar-refractivity contribution in [3.05, 3.63) is 141 Å². The minimum atomic E-state index is -0.442. The Balaban J connectivity index is 1.64. The van der Waals surface area contributed by atoms with Crippen LogP contribution >= 0.6 is 22.6 Å². The smallest absolute Gasteiger partial charge is 0.0948 e. The fraction of sp³-hybridized carbons (Fsp3) is 0.107. The third kappa shape index (κ3) is 5.12. The fourth-order valence-electron chi connectivity index (χ4n) is 3.90. The van der Waals surface area contributed by atoms with Crippen LogP contribution in [0, 0.1) is 3.57 Å². The number of aliphatic imine (C=N–C) groups is 1. The number of nitrogens with zero attached hydrogens (tertiary/aromatic N) is 1. The quantitative estimate of drug-likeness (QED) is 0.127. The number of halogens is 1. The third-order valence-corrected chi connectivity index (χ3v) is 6.08. The fourth-order valence-corrected chi connectivity index (χ4v) is 4.26. The molecule has 0 saturated carbocycles. The van der Waals surface area contributed by atoms with Gasteiger partial charge in [-0.2, -0.15) is 0 Å². The van der Waals surface area contributed by atoms with Crippen LogP contribution < -0.4 is 5.32 Å². The second-order valence-electron chi connectivity index (χ2n) is 7.36. The Morgan fingerprint density at radius 3 is 1.55 bits per heavy atom. The summed E-state index contributed by atoms with van der Waals surface area (Å²) in [6.45, 7) is 1.44. The van der Waals surface area contributed by atoms with Gasteiger partial charge in [0.25, 0.3) is 0 Å². The molecule has 0 fully saturated rings. The molecule has 4 rings (SSSR count). The van der Waals surface area contributed by atoms with Crippen LogP contribution in [0.2, 0.25) is 0 Å². The van der Waals surface area contributed by atoms with E-state index >= 15 is 0 Å². The molecule has 0 aliphatic rings. The average molecular weight is 516 g/mol. The van der Waals surface area contributed by atoms with Crippen molar-refractivity contribution in [2.45, 2.75) is 5.54 Å². The molecular formula is C28H25IN2. The van der Waals surface area contributed by atoms with Gasteiger partial charge < -0.3 is 0 Å². The molecule has 0 aromatic heterocycles. The van der Waals surface area contributed by atoms with Gasteiger partial charge in [-0.3, -0.25) is 10.3 Å². The molecule has 0 heterocycles. The molecule has 154 valence electrons. The Morgan fingerprint density at radius 1 is 0.645 bits per heavy atom. The van der Waals surface area contributed by atoms with E-state index in [0.29, 0.717) is 6.54 Å². The second-order valence-corrected chi connectivity index (χ2v) is 8.61. The first-order valence-corrected chi connectivity index (χ1v) is 11.5. The van der Waals surface area contributed by atoms with Crippen molar-refractivity contribution in [1.82, 2.24) is 5.32 Å². The highest BCUT2D eigenvalue weighted by Crippen LogP contribution is 2.36. The van der Waals surface area contributed by atoms with Gasteiger partial charge in [-0.1, -0.05) is 103 Å². The molecule has 31 heavy (non-hydrogen) atoms. The van der Waals surface area contributed by atoms with E-state index in [1.54, 1.807) is 0 Å². The highest BCUT2D eigenvalue weighted by Gasteiger charge is 2.35. The number of benzene rings is 4. The van der Waals surface area contributed by atoms with Crippen LogP contribution in [0.4, 0.5) is 0 Å². The van der Waals surface area contributed by atoms with Gasteiger partial charge in [0.1, 0.15) is 0 Å². The number of nitrogens with one attached hydrogen (secondary N) is 1. The van der Waals surface area contributed by atoms with Gasteiger partial charge >= 0.3 is 0 Å². The molecule has 0 amide bonds. The number of hydrogen-bond acceptors (Lipinski definition) is 2. The number of rotatable bonds is 8. The Bertz CT molecular complexity index is 995. The second kappa shape index (κ2) is 10.5. The average Bonchev–Trinajstić information content (AvgIpc) is 2.84. The first-order valence-electron chi connectivity index (χ1n) is 10.5. The van der Waals surface area contributed by atoms with Crippen molar-refractivity contribution < 1.29 is 0 Å². The van der Waals surface area contributed by atoms with Crippen molar-refractivity contribution in [3.8, 4) is 0 Å². The molecule has 0 radical (unpaired) electrons. The lowest BCUT2D eigenvalue weighted by molar-refractivity contribution is 0.480. The lowest BCUT2D eigenvalue weighted by Crippen LogP contribution is -2.45. The summed E-state index contributed by atoms with van der Waals surface area (Å²) >= 11 is 2.32. The van der Waals surface area contributed by atoms with Gasteiger partial charge in [0.15, 0.2) is 0 Å². The minimum Gasteiger partial charge on any atom is -0.298 e. The summed E-state index contributed by atoms with van der Waals surface area (Å²) in [4.78, 5) is 4.67. The van der Waals surface area contributed by atoms with Gasteiger partial charge in [0.05, 0.1) is 12.1 Å². The molecule has 0 bridgehead atoms. The van der Waals surface area contributed by atoms with E-state index < -0.39 is 5.54 Å². The highest BCUT2D eigenvalue weighted by molar-refractivity contribution is 14.1. The molecular weight excluding hydrogens is 491 g/mol. The first-order chi connectivity index (χ1) is 15.3. The van der Waals surface area contributed by atoms with E-state index in [9.17, 15) is 0 Å². The van der Waals surface area contributed by atoms with E-state index in [4.69, 9.17) is 0 Å². The summed E-state index contributed by atoms with van der Waals surface area (Å²) in [6, 6.07) is 40.4. The van der Waals surface area contributed by atoms with Crippen LogP contribution in [0.15, 0.2) is 120 Å². The standard InChI is InChI=1S/C28H25IN2/c29-27-18-16-23(17-19-27)22-30-20-21-31-28(24-10-4-1-5-11-24,25-12-6-2-7-13-25)26-14-8-3-9-15-26/h1-19,22,31H,20-21H2. The normalized spacial score (nSPS) is 11.6. The number of hydrogen-bond donors (Lipinski definition) is 1. The van der Waals surface area contributed by atoms with Crippen molar-refractivity contribution >= 4 is 28.8 Å². The Morgan fingerprint density at radius 2 is 1.10 bits per heavy atom. The van der Waals surface area contributed by atoms with Gasteiger partial charge in [0, 0.05) is 16.3 Å². The monoisotopic (exact) mass is 516 g/mol. The summed E-state index contributed by atoms with van der Waals surface area (Å²) in [5, 5.41) is 3.86. The Hall–Kier alpha value is -2.76. The minimum absolute atomic E-state index is 0.442. The van der Waals surface area contributed by atoms with Crippen LogP contribution in [0.1, 0.15) is 22.3 Å². The molecule has 3 heteroatoms. The van der Waals surface area contributed by atoms with Crippen molar-refractivity contribution in [3.63, 3.8) is 0 Å². The largest absolute Gasteiger partial charge is 0.298 e. The first kappa shape index (κ1) is 21.5. The summed E-state index contributed by atoms with van der Waals surface area (Å²) < 4.78 is 1.23. The molecule has 2 nitrogen and oxygen atoms in total. The lowest BCUT2D eigenvalue weighted by Gasteiger charge is -2.37. The maximum atomic E-state index is 4.67. The van der Waals surface area contributed by atoms with Crippen LogP contribution in [-0.2, 0) is 5.54 Å². The van der Waals surface area contributed by atoms with Crippen molar-refractivity contribution in [2.24, 2.45) is 4.99 Å². The molecule has 1 N–H and O–H groups in total. The van der Waals surface area contributed by atoms with E-state index in [0.717, 1.165) is 12.1 Å². The van der Waals surface area contributed by atoms with E-state index in [1.165, 1.54) is 20.3 Å². The Labute approximate surface area is 198 Å². The molecule has 4 aromatic carbocycles. The molecule has 0 aliphatic carbocycles. The van der Waals surface area contributed by atoms with Gasteiger partial charge in [-0.05, 0) is 57.0 Å².